The van der Waals surface area contributed by atoms with Gasteiger partial charge in [-0.1, -0.05) is 194 Å². The van der Waals surface area contributed by atoms with Crippen LogP contribution in [-0.2, 0) is 0 Å². The summed E-state index contributed by atoms with van der Waals surface area (Å²) in [4.78, 5) is 5.70. The van der Waals surface area contributed by atoms with Crippen molar-refractivity contribution in [1.29, 1.82) is 0 Å². The van der Waals surface area contributed by atoms with E-state index >= 15 is 0 Å². The molecule has 12 rings (SSSR count). The van der Waals surface area contributed by atoms with Crippen molar-refractivity contribution in [3.63, 3.8) is 0 Å². The zero-order valence-corrected chi connectivity index (χ0v) is 30.5. The van der Waals surface area contributed by atoms with E-state index in [2.05, 4.69) is 200 Å². The molecule has 0 unspecified atom stereocenters. The van der Waals surface area contributed by atoms with Crippen LogP contribution in [0.3, 0.4) is 0 Å². The van der Waals surface area contributed by atoms with Gasteiger partial charge in [-0.3, -0.25) is 0 Å². The van der Waals surface area contributed by atoms with Crippen molar-refractivity contribution in [2.24, 2.45) is 0 Å². The average molecular weight is 708 g/mol. The highest BCUT2D eigenvalue weighted by Gasteiger charge is 2.23. The van der Waals surface area contributed by atoms with E-state index in [1.54, 1.807) is 0 Å². The van der Waals surface area contributed by atoms with Gasteiger partial charge >= 0.3 is 0 Å². The van der Waals surface area contributed by atoms with E-state index in [0.29, 0.717) is 0 Å². The third-order valence-corrected chi connectivity index (χ3v) is 12.0. The van der Waals surface area contributed by atoms with E-state index in [9.17, 15) is 0 Å². The molecule has 0 amide bonds. The number of rotatable bonds is 3. The highest BCUT2D eigenvalue weighted by atomic mass is 14.7. The van der Waals surface area contributed by atoms with Crippen LogP contribution < -0.4 is 0 Å². The zero-order chi connectivity index (χ0) is 36.7. The van der Waals surface area contributed by atoms with Crippen molar-refractivity contribution in [3.8, 4) is 33.5 Å². The van der Waals surface area contributed by atoms with Crippen LogP contribution in [0.5, 0.6) is 0 Å². The number of benzene rings is 11. The van der Waals surface area contributed by atoms with Crippen molar-refractivity contribution in [1.82, 2.24) is 4.98 Å². The SMILES string of the molecule is c1ccc(-c2nc3c4ccccc4c4ccccc4c3c3c2cc(-c2c4ccccc4c(-c4cccc5ccccc45)c4ccccc24)c2ccccc23)cc1. The molecule has 0 aliphatic heterocycles. The van der Waals surface area contributed by atoms with Crippen LogP contribution in [0, 0.1) is 0 Å². The van der Waals surface area contributed by atoms with Crippen LogP contribution in [0.15, 0.2) is 200 Å². The second-order valence-corrected chi connectivity index (χ2v) is 14.9. The molecule has 0 bridgehead atoms. The molecule has 0 aliphatic rings. The number of aromatic nitrogens is 1. The van der Waals surface area contributed by atoms with E-state index in [1.807, 2.05) is 0 Å². The quantitative estimate of drug-likeness (QED) is 0.132. The largest absolute Gasteiger partial charge is 0.246 e. The Morgan fingerprint density at radius 2 is 0.714 bits per heavy atom. The Kier molecular flexibility index (Phi) is 6.70. The van der Waals surface area contributed by atoms with Crippen LogP contribution in [0.1, 0.15) is 0 Å². The minimum Gasteiger partial charge on any atom is -0.246 e. The molecule has 258 valence electrons. The van der Waals surface area contributed by atoms with Gasteiger partial charge in [-0.05, 0) is 87.6 Å². The molecule has 1 nitrogen and oxygen atoms in total. The molecular weight excluding hydrogens is 675 g/mol. The van der Waals surface area contributed by atoms with E-state index in [-0.39, 0.29) is 0 Å². The lowest BCUT2D eigenvalue weighted by Gasteiger charge is -2.22. The lowest BCUT2D eigenvalue weighted by molar-refractivity contribution is 1.44. The molecule has 0 spiro atoms. The van der Waals surface area contributed by atoms with Crippen LogP contribution in [0.2, 0.25) is 0 Å². The Morgan fingerprint density at radius 1 is 0.268 bits per heavy atom. The van der Waals surface area contributed by atoms with Crippen LogP contribution in [0.25, 0.3) is 120 Å². The summed E-state index contributed by atoms with van der Waals surface area (Å²) in [5.41, 5.74) is 8.15. The lowest BCUT2D eigenvalue weighted by Crippen LogP contribution is -1.96. The van der Waals surface area contributed by atoms with Crippen molar-refractivity contribution in [3.05, 3.63) is 200 Å². The monoisotopic (exact) mass is 707 g/mol. The third-order valence-electron chi connectivity index (χ3n) is 12.0. The number of fused-ring (bicyclic) bond motifs is 13. The molecule has 0 saturated heterocycles. The number of hydrogen-bond donors (Lipinski definition) is 0. The average Bonchev–Trinajstić information content (AvgIpc) is 3.27. The van der Waals surface area contributed by atoms with Crippen LogP contribution in [0.4, 0.5) is 0 Å². The highest BCUT2D eigenvalue weighted by Crippen LogP contribution is 2.50. The molecule has 11 aromatic carbocycles. The van der Waals surface area contributed by atoms with Crippen molar-refractivity contribution >= 4 is 86.3 Å². The van der Waals surface area contributed by atoms with E-state index in [1.165, 1.54) is 97.7 Å². The molecule has 0 aliphatic carbocycles. The Bertz CT molecular complexity index is 3520. The lowest BCUT2D eigenvalue weighted by atomic mass is 9.82. The van der Waals surface area contributed by atoms with Gasteiger partial charge in [0, 0.05) is 27.1 Å². The van der Waals surface area contributed by atoms with Gasteiger partial charge in [0.2, 0.25) is 0 Å². The Balaban J connectivity index is 1.30. The minimum absolute atomic E-state index is 1.00. The van der Waals surface area contributed by atoms with E-state index in [0.717, 1.165) is 22.2 Å². The van der Waals surface area contributed by atoms with Crippen molar-refractivity contribution in [2.75, 3.05) is 0 Å². The Morgan fingerprint density at radius 3 is 1.36 bits per heavy atom. The topological polar surface area (TPSA) is 12.9 Å². The van der Waals surface area contributed by atoms with Gasteiger partial charge in [0.25, 0.3) is 0 Å². The zero-order valence-electron chi connectivity index (χ0n) is 30.5. The van der Waals surface area contributed by atoms with Gasteiger partial charge in [-0.25, -0.2) is 4.98 Å². The van der Waals surface area contributed by atoms with Gasteiger partial charge in [0.05, 0.1) is 11.2 Å². The molecule has 1 heterocycles. The third kappa shape index (κ3) is 4.40. The standard InChI is InChI=1S/C55H33N/c1-2-18-35(19-3-1)54-49-33-48(39-24-7-9-25-41(39)52(49)53-42-26-10-6-22-37(42)38-23-8-15-31-47(38)55(53)56-54)51-45-29-13-11-27-43(45)50(44-28-12-14-30-46(44)51)40-32-16-20-34-17-4-5-21-36(34)40/h1-33H. The first kappa shape index (κ1) is 31.0. The molecule has 0 radical (unpaired) electrons. The van der Waals surface area contributed by atoms with E-state index < -0.39 is 0 Å². The summed E-state index contributed by atoms with van der Waals surface area (Å²) in [7, 11) is 0. The van der Waals surface area contributed by atoms with Gasteiger partial charge < -0.3 is 0 Å². The summed E-state index contributed by atoms with van der Waals surface area (Å²) in [6.07, 6.45) is 0. The molecule has 12 aromatic rings. The Hall–Kier alpha value is -7.35. The number of hydrogen-bond acceptors (Lipinski definition) is 1. The first-order valence-corrected chi connectivity index (χ1v) is 19.4. The molecule has 0 fully saturated rings. The number of nitrogens with zero attached hydrogens (tertiary/aromatic N) is 1. The summed E-state index contributed by atoms with van der Waals surface area (Å²) in [6, 6.07) is 73.4. The summed E-state index contributed by atoms with van der Waals surface area (Å²) in [5.74, 6) is 0. The summed E-state index contributed by atoms with van der Waals surface area (Å²) >= 11 is 0. The van der Waals surface area contributed by atoms with Gasteiger partial charge in [0.15, 0.2) is 0 Å². The maximum atomic E-state index is 5.70. The van der Waals surface area contributed by atoms with Gasteiger partial charge in [-0.2, -0.15) is 0 Å². The number of pyridine rings is 1. The molecule has 0 saturated carbocycles. The second kappa shape index (κ2) is 12.1. The molecule has 0 atom stereocenters. The predicted molar refractivity (Wildman–Crippen MR) is 241 cm³/mol. The minimum atomic E-state index is 1.00. The maximum absolute atomic E-state index is 5.70. The Labute approximate surface area is 323 Å². The fourth-order valence-electron chi connectivity index (χ4n) is 9.67. The molecule has 56 heavy (non-hydrogen) atoms. The fraction of sp³-hybridized carbons (Fsp3) is 0. The van der Waals surface area contributed by atoms with Crippen LogP contribution >= 0.6 is 0 Å². The molecule has 1 aromatic heterocycles. The fourth-order valence-corrected chi connectivity index (χ4v) is 9.67. The predicted octanol–water partition coefficient (Wildman–Crippen LogP) is 15.3. The maximum Gasteiger partial charge on any atom is 0.0801 e. The van der Waals surface area contributed by atoms with Gasteiger partial charge in [-0.15, -0.1) is 0 Å². The molecular formula is C55H33N. The first-order valence-electron chi connectivity index (χ1n) is 19.4. The molecule has 1 heteroatoms. The normalized spacial score (nSPS) is 11.9. The highest BCUT2D eigenvalue weighted by molar-refractivity contribution is 6.37. The summed E-state index contributed by atoms with van der Waals surface area (Å²) < 4.78 is 0. The summed E-state index contributed by atoms with van der Waals surface area (Å²) in [5, 5.41) is 18.4. The second-order valence-electron chi connectivity index (χ2n) is 14.9. The van der Waals surface area contributed by atoms with E-state index in [4.69, 9.17) is 4.98 Å². The molecule has 0 N–H and O–H groups in total. The smallest absolute Gasteiger partial charge is 0.0801 e. The summed E-state index contributed by atoms with van der Waals surface area (Å²) in [6.45, 7) is 0. The first-order chi connectivity index (χ1) is 27.8. The van der Waals surface area contributed by atoms with Gasteiger partial charge in [0.1, 0.15) is 0 Å². The van der Waals surface area contributed by atoms with Crippen LogP contribution in [-0.4, -0.2) is 4.98 Å². The van der Waals surface area contributed by atoms with Crippen molar-refractivity contribution in [2.45, 2.75) is 0 Å². The van der Waals surface area contributed by atoms with Crippen molar-refractivity contribution < 1.29 is 0 Å².